The van der Waals surface area contributed by atoms with Crippen LogP contribution in [0, 0.1) is 0 Å². The predicted octanol–water partition coefficient (Wildman–Crippen LogP) is 15.2. The van der Waals surface area contributed by atoms with E-state index in [0.29, 0.717) is 0 Å². The Morgan fingerprint density at radius 3 is 0.885 bits per heavy atom. The lowest BCUT2D eigenvalue weighted by atomic mass is 9.12. The Kier molecular flexibility index (Phi) is 16.1. The van der Waals surface area contributed by atoms with E-state index in [2.05, 4.69) is 79.1 Å². The molecule has 0 radical (unpaired) electrons. The van der Waals surface area contributed by atoms with Crippen molar-refractivity contribution in [3.63, 3.8) is 0 Å². The van der Waals surface area contributed by atoms with E-state index >= 15 is 0 Å². The van der Waals surface area contributed by atoms with Gasteiger partial charge in [0.05, 0.1) is 56.7 Å². The molecule has 0 aliphatic heterocycles. The van der Waals surface area contributed by atoms with E-state index in [4.69, 9.17) is 4.74 Å². The largest absolute Gasteiger partial charge is 0.442 e. The van der Waals surface area contributed by atoms with Gasteiger partial charge in [-0.2, -0.15) is 132 Å². The van der Waals surface area contributed by atoms with Gasteiger partial charge in [0, 0.05) is 17.0 Å². The van der Waals surface area contributed by atoms with Crippen LogP contribution < -0.4 is 31.2 Å². The van der Waals surface area contributed by atoms with Gasteiger partial charge in [0.25, 0.3) is 0 Å². The topological polar surface area (TPSA) is 13.1 Å². The van der Waals surface area contributed by atoms with E-state index in [1.165, 1.54) is 16.5 Å². The number of para-hydroxylation sites is 1. The van der Waals surface area contributed by atoms with Gasteiger partial charge in [-0.25, -0.2) is 0 Å². The van der Waals surface area contributed by atoms with E-state index in [1.54, 1.807) is 0 Å². The number of rotatable bonds is 8. The lowest BCUT2D eigenvalue weighted by Gasteiger charge is -2.46. The highest BCUT2D eigenvalue weighted by atomic mass is 19.4. The number of benzene rings is 6. The molecule has 6 aromatic carbocycles. The van der Waals surface area contributed by atoms with Crippen molar-refractivity contribution in [1.29, 1.82) is 0 Å². The van der Waals surface area contributed by atoms with Crippen LogP contribution in [0.15, 0.2) is 140 Å². The van der Waals surface area contributed by atoms with Crippen molar-refractivity contribution in [2.24, 2.45) is 0 Å². The molecule has 0 saturated heterocycles. The molecule has 2 nitrogen and oxygen atoms in total. The van der Waals surface area contributed by atoms with Crippen LogP contribution in [0.1, 0.15) is 63.9 Å². The third kappa shape index (κ3) is 13.6. The Morgan fingerprint density at radius 1 is 0.346 bits per heavy atom. The summed E-state index contributed by atoms with van der Waals surface area (Å²) in [6.07, 6.45) is -54.6. The zero-order valence-corrected chi connectivity index (χ0v) is 39.1. The van der Waals surface area contributed by atoms with Crippen molar-refractivity contribution >= 4 is 38.9 Å². The minimum atomic E-state index is -6.13. The summed E-state index contributed by atoms with van der Waals surface area (Å²) in [6, 6.07) is 14.3. The summed E-state index contributed by atoms with van der Waals surface area (Å²) in [5.41, 5.74) is -27.7. The second kappa shape index (κ2) is 20.9. The third-order valence-corrected chi connectivity index (χ3v) is 11.9. The minimum absolute atomic E-state index is 0.160. The summed E-state index contributed by atoms with van der Waals surface area (Å²) in [5, 5.41) is 1.23. The van der Waals surface area contributed by atoms with Crippen LogP contribution in [0.25, 0.3) is 10.9 Å². The highest BCUT2D eigenvalue weighted by Gasteiger charge is 2.47. The maximum atomic E-state index is 14.2. The third-order valence-electron chi connectivity index (χ3n) is 11.9. The Labute approximate surface area is 424 Å². The number of aromatic nitrogens is 1. The quantitative estimate of drug-likeness (QED) is 0.0840. The van der Waals surface area contributed by atoms with Crippen LogP contribution in [-0.2, 0) is 56.0 Å². The minimum Gasteiger partial charge on any atom is -0.442 e. The summed E-state index contributed by atoms with van der Waals surface area (Å²) >= 11 is 0. The summed E-state index contributed by atoms with van der Waals surface area (Å²) < 4.78 is 349. The first-order valence-electron chi connectivity index (χ1n) is 22.0. The van der Waals surface area contributed by atoms with Gasteiger partial charge in [-0.15, -0.1) is 0 Å². The van der Waals surface area contributed by atoms with Crippen molar-refractivity contribution < 1.29 is 115 Å². The molecule has 1 aromatic heterocycles. The Balaban J connectivity index is 0.000000387. The van der Waals surface area contributed by atoms with E-state index in [1.807, 2.05) is 6.07 Å². The van der Waals surface area contributed by atoms with Crippen molar-refractivity contribution in [1.82, 2.24) is 0 Å². The first-order chi connectivity index (χ1) is 35.5. The zero-order valence-electron chi connectivity index (χ0n) is 39.1. The summed E-state index contributed by atoms with van der Waals surface area (Å²) in [4.78, 5) is 0. The maximum absolute atomic E-state index is 14.2. The second-order valence-corrected chi connectivity index (χ2v) is 17.7. The molecule has 0 saturated carbocycles. The van der Waals surface area contributed by atoms with Crippen molar-refractivity contribution in [3.05, 3.63) is 190 Å². The lowest BCUT2D eigenvalue weighted by molar-refractivity contribution is -0.668. The molecule has 0 spiro atoms. The molecule has 1 heterocycles. The van der Waals surface area contributed by atoms with Gasteiger partial charge < -0.3 is 4.74 Å². The molecule has 0 amide bonds. The molecular formula is C51H32BF24NO. The molecule has 0 unspecified atom stereocenters. The number of fused-ring (bicyclic) bond motifs is 1. The number of hydrogen-bond donors (Lipinski definition) is 0. The van der Waals surface area contributed by atoms with Crippen LogP contribution in [-0.4, -0.2) is 12.2 Å². The summed E-state index contributed by atoms with van der Waals surface area (Å²) in [5.74, 6) is 0.910. The van der Waals surface area contributed by atoms with Crippen molar-refractivity contribution in [3.8, 4) is 5.88 Å². The van der Waals surface area contributed by atoms with Crippen LogP contribution in [0.2, 0.25) is 0 Å². The monoisotopic (exact) mass is 1140 g/mol. The van der Waals surface area contributed by atoms with Gasteiger partial charge >= 0.3 is 55.3 Å². The molecule has 418 valence electrons. The Bertz CT molecular complexity index is 2830. The Hall–Kier alpha value is -7.09. The summed E-state index contributed by atoms with van der Waals surface area (Å²) in [6.45, 7) is 4.92. The normalized spacial score (nSPS) is 13.4. The molecule has 7 rings (SSSR count). The smallest absolute Gasteiger partial charge is 0.416 e. The molecule has 0 bridgehead atoms. The van der Waals surface area contributed by atoms with Gasteiger partial charge in [-0.1, -0.05) is 91.0 Å². The van der Waals surface area contributed by atoms with Gasteiger partial charge in [-0.3, -0.25) is 0 Å². The van der Waals surface area contributed by atoms with Gasteiger partial charge in [0.2, 0.25) is 5.52 Å². The lowest BCUT2D eigenvalue weighted by Crippen LogP contribution is -2.75. The Morgan fingerprint density at radius 2 is 0.615 bits per heavy atom. The molecule has 78 heavy (non-hydrogen) atoms. The van der Waals surface area contributed by atoms with Gasteiger partial charge in [0.1, 0.15) is 6.15 Å². The average molecular weight is 1140 g/mol. The number of ether oxygens (including phenoxy) is 1. The number of halogens is 24. The van der Waals surface area contributed by atoms with Gasteiger partial charge in [-0.05, 0) is 50.2 Å². The first kappa shape index (κ1) is 60.1. The van der Waals surface area contributed by atoms with Crippen LogP contribution in [0.4, 0.5) is 105 Å². The average Bonchev–Trinajstić information content (AvgIpc) is 3.30. The predicted molar refractivity (Wildman–Crippen MR) is 236 cm³/mol. The highest BCUT2D eigenvalue weighted by molar-refractivity contribution is 7.20. The second-order valence-electron chi connectivity index (χ2n) is 17.7. The first-order valence-corrected chi connectivity index (χ1v) is 22.0. The molecular weight excluding hydrogens is 1110 g/mol. The number of pyridine rings is 1. The zero-order chi connectivity index (χ0) is 58.6. The standard InChI is InChI=1S/C32H12BF24.C19H20NO/c34-25(35,36)13-1-14(26(37,38)39)6-21(5-13)33(22-7-15(27(40,41)42)2-16(8-22)28(43,44)45,23-9-17(29(46,47)48)3-18(10-23)30(49,50)51)24-11-19(31(52,53)54)4-20(12-24)32(55,56)57;1-15(2)21-19-13-12-17-10-6-7-11-18(17)20(19)14-16-8-4-3-5-9-16/h1-12H;3-13,15H,14H2,1-2H3/q-1;+1. The maximum Gasteiger partial charge on any atom is 0.416 e. The molecule has 0 N–H and O–H groups in total. The fourth-order valence-corrected chi connectivity index (χ4v) is 8.59. The fourth-order valence-electron chi connectivity index (χ4n) is 8.59. The van der Waals surface area contributed by atoms with E-state index < -0.39 is 195 Å². The fraction of sp³-hybridized carbons (Fsp3) is 0.235. The molecule has 0 aliphatic rings. The molecule has 7 aromatic rings. The molecule has 27 heteroatoms. The number of nitrogens with zero attached hydrogens (tertiary/aromatic N) is 1. The van der Waals surface area contributed by atoms with Crippen LogP contribution >= 0.6 is 0 Å². The molecule has 0 fully saturated rings. The van der Waals surface area contributed by atoms with E-state index in [9.17, 15) is 105 Å². The molecule has 0 atom stereocenters. The van der Waals surface area contributed by atoms with E-state index in [0.717, 1.165) is 12.4 Å². The van der Waals surface area contributed by atoms with Crippen LogP contribution in [0.3, 0.4) is 0 Å². The SMILES string of the molecule is CC(C)Oc1ccc2ccccc2[n+]1Cc1ccccc1.FC(F)(F)c1cc([B-](c2cc(C(F)(F)F)cc(C(F)(F)F)c2)(c2cc(C(F)(F)F)cc(C(F)(F)F)c2)c2cc(C(F)(F)F)cc(C(F)(F)F)c2)cc(C(F)(F)F)c1. The van der Waals surface area contributed by atoms with Crippen molar-refractivity contribution in [2.75, 3.05) is 0 Å². The summed E-state index contributed by atoms with van der Waals surface area (Å²) in [7, 11) is 0. The molecule has 0 aliphatic carbocycles. The number of alkyl halides is 24. The highest BCUT2D eigenvalue weighted by Crippen LogP contribution is 2.41. The number of hydrogen-bond acceptors (Lipinski definition) is 1. The van der Waals surface area contributed by atoms with E-state index in [-0.39, 0.29) is 6.10 Å². The van der Waals surface area contributed by atoms with Crippen molar-refractivity contribution in [2.45, 2.75) is 75.9 Å². The van der Waals surface area contributed by atoms with Gasteiger partial charge in [0.15, 0.2) is 6.54 Å². The van der Waals surface area contributed by atoms with Crippen LogP contribution in [0.5, 0.6) is 5.88 Å².